The van der Waals surface area contributed by atoms with Crippen LogP contribution in [0.5, 0.6) is 5.75 Å². The number of hydrogen-bond donors (Lipinski definition) is 0. The van der Waals surface area contributed by atoms with Crippen LogP contribution in [0.1, 0.15) is 5.56 Å². The van der Waals surface area contributed by atoms with Gasteiger partial charge in [-0.15, -0.1) is 0 Å². The van der Waals surface area contributed by atoms with Crippen molar-refractivity contribution in [1.82, 2.24) is 0 Å². The summed E-state index contributed by atoms with van der Waals surface area (Å²) in [6.45, 7) is 2.10. The quantitative estimate of drug-likeness (QED) is 0.788. The highest BCUT2D eigenvalue weighted by Gasteiger charge is 2.03. The lowest BCUT2D eigenvalue weighted by Gasteiger charge is -2.08. The van der Waals surface area contributed by atoms with E-state index in [1.807, 2.05) is 18.2 Å². The fourth-order valence-electron chi connectivity index (χ4n) is 1.74. The number of hydrogen-bond acceptors (Lipinski definition) is 1. The van der Waals surface area contributed by atoms with Crippen LogP contribution in [0, 0.1) is 6.92 Å². The Morgan fingerprint density at radius 2 is 1.88 bits per heavy atom. The predicted molar refractivity (Wildman–Crippen MR) is 70.9 cm³/mol. The summed E-state index contributed by atoms with van der Waals surface area (Å²) < 4.78 is 6.30. The molecule has 0 aliphatic carbocycles. The van der Waals surface area contributed by atoms with Gasteiger partial charge < -0.3 is 4.74 Å². The average Bonchev–Trinajstić information content (AvgIpc) is 2.28. The maximum absolute atomic E-state index is 5.20. The molecule has 0 spiro atoms. The Labute approximate surface area is 104 Å². The molecule has 0 fully saturated rings. The molecular formula is C14H13BrO. The van der Waals surface area contributed by atoms with E-state index in [1.165, 1.54) is 16.7 Å². The molecule has 0 saturated heterocycles. The Bertz CT molecular complexity index is 506. The van der Waals surface area contributed by atoms with E-state index in [2.05, 4.69) is 47.1 Å². The van der Waals surface area contributed by atoms with E-state index in [0.717, 1.165) is 10.2 Å². The van der Waals surface area contributed by atoms with Gasteiger partial charge in [0.25, 0.3) is 0 Å². The zero-order chi connectivity index (χ0) is 11.5. The van der Waals surface area contributed by atoms with Gasteiger partial charge in [0.15, 0.2) is 0 Å². The van der Waals surface area contributed by atoms with Crippen LogP contribution in [0.15, 0.2) is 46.9 Å². The van der Waals surface area contributed by atoms with Gasteiger partial charge in [0.2, 0.25) is 0 Å². The van der Waals surface area contributed by atoms with Gasteiger partial charge in [0.05, 0.1) is 7.11 Å². The van der Waals surface area contributed by atoms with Crippen molar-refractivity contribution in [2.45, 2.75) is 6.92 Å². The molecule has 1 nitrogen and oxygen atoms in total. The third kappa shape index (κ3) is 2.27. The summed E-state index contributed by atoms with van der Waals surface area (Å²) in [5.74, 6) is 0.899. The first kappa shape index (κ1) is 11.2. The smallest absolute Gasteiger partial charge is 0.119 e. The molecule has 0 heterocycles. The van der Waals surface area contributed by atoms with Crippen LogP contribution in [0.4, 0.5) is 0 Å². The molecule has 0 aliphatic heterocycles. The summed E-state index contributed by atoms with van der Waals surface area (Å²) in [5, 5.41) is 0. The summed E-state index contributed by atoms with van der Waals surface area (Å²) in [5.41, 5.74) is 3.68. The SMILES string of the molecule is COc1ccc(-c2cccc(Br)c2)c(C)c1. The van der Waals surface area contributed by atoms with Crippen LogP contribution < -0.4 is 4.74 Å². The largest absolute Gasteiger partial charge is 0.497 e. The number of rotatable bonds is 2. The van der Waals surface area contributed by atoms with Gasteiger partial charge in [-0.1, -0.05) is 34.1 Å². The molecule has 0 saturated carbocycles. The van der Waals surface area contributed by atoms with Crippen molar-refractivity contribution < 1.29 is 4.74 Å². The number of aryl methyl sites for hydroxylation is 1. The summed E-state index contributed by atoms with van der Waals surface area (Å²) in [7, 11) is 1.69. The molecule has 2 aromatic carbocycles. The molecule has 0 radical (unpaired) electrons. The zero-order valence-electron chi connectivity index (χ0n) is 9.33. The highest BCUT2D eigenvalue weighted by atomic mass is 79.9. The van der Waals surface area contributed by atoms with Gasteiger partial charge in [-0.05, 0) is 47.9 Å². The Morgan fingerprint density at radius 1 is 1.06 bits per heavy atom. The van der Waals surface area contributed by atoms with Crippen LogP contribution in [-0.4, -0.2) is 7.11 Å². The second-order valence-electron chi connectivity index (χ2n) is 3.69. The van der Waals surface area contributed by atoms with Crippen LogP contribution in [0.25, 0.3) is 11.1 Å². The van der Waals surface area contributed by atoms with Gasteiger partial charge in [0.1, 0.15) is 5.75 Å². The minimum atomic E-state index is 0.899. The monoisotopic (exact) mass is 276 g/mol. The lowest BCUT2D eigenvalue weighted by molar-refractivity contribution is 0.414. The van der Waals surface area contributed by atoms with Crippen LogP contribution >= 0.6 is 15.9 Å². The van der Waals surface area contributed by atoms with Crippen molar-refractivity contribution in [1.29, 1.82) is 0 Å². The molecule has 0 aliphatic rings. The molecule has 2 aromatic rings. The minimum Gasteiger partial charge on any atom is -0.497 e. The second kappa shape index (κ2) is 4.71. The van der Waals surface area contributed by atoms with E-state index in [-0.39, 0.29) is 0 Å². The average molecular weight is 277 g/mol. The van der Waals surface area contributed by atoms with Gasteiger partial charge >= 0.3 is 0 Å². The highest BCUT2D eigenvalue weighted by molar-refractivity contribution is 9.10. The fourth-order valence-corrected chi connectivity index (χ4v) is 2.14. The number of halogens is 1. The second-order valence-corrected chi connectivity index (χ2v) is 4.61. The zero-order valence-corrected chi connectivity index (χ0v) is 10.9. The molecule has 0 atom stereocenters. The lowest BCUT2D eigenvalue weighted by Crippen LogP contribution is -1.87. The molecule has 0 aromatic heterocycles. The first-order valence-corrected chi connectivity index (χ1v) is 5.90. The van der Waals surface area contributed by atoms with E-state index in [4.69, 9.17) is 4.74 Å². The molecular weight excluding hydrogens is 264 g/mol. The van der Waals surface area contributed by atoms with Crippen molar-refractivity contribution in [3.05, 3.63) is 52.5 Å². The molecule has 2 heteroatoms. The third-order valence-electron chi connectivity index (χ3n) is 2.57. The van der Waals surface area contributed by atoms with E-state index in [9.17, 15) is 0 Å². The summed E-state index contributed by atoms with van der Waals surface area (Å²) in [4.78, 5) is 0. The fraction of sp³-hybridized carbons (Fsp3) is 0.143. The third-order valence-corrected chi connectivity index (χ3v) is 3.06. The molecule has 82 valence electrons. The van der Waals surface area contributed by atoms with Gasteiger partial charge in [-0.3, -0.25) is 0 Å². The highest BCUT2D eigenvalue weighted by Crippen LogP contribution is 2.28. The Morgan fingerprint density at radius 3 is 2.50 bits per heavy atom. The topological polar surface area (TPSA) is 9.23 Å². The van der Waals surface area contributed by atoms with Gasteiger partial charge in [-0.25, -0.2) is 0 Å². The summed E-state index contributed by atoms with van der Waals surface area (Å²) in [6.07, 6.45) is 0. The summed E-state index contributed by atoms with van der Waals surface area (Å²) in [6, 6.07) is 14.4. The first-order valence-electron chi connectivity index (χ1n) is 5.11. The van der Waals surface area contributed by atoms with Crippen molar-refractivity contribution in [3.8, 4) is 16.9 Å². The summed E-state index contributed by atoms with van der Waals surface area (Å²) >= 11 is 3.49. The minimum absolute atomic E-state index is 0.899. The van der Waals surface area contributed by atoms with Crippen molar-refractivity contribution in [3.63, 3.8) is 0 Å². The maximum Gasteiger partial charge on any atom is 0.119 e. The van der Waals surface area contributed by atoms with Gasteiger partial charge in [0, 0.05) is 4.47 Å². The van der Waals surface area contributed by atoms with Crippen molar-refractivity contribution >= 4 is 15.9 Å². The predicted octanol–water partition coefficient (Wildman–Crippen LogP) is 4.43. The molecule has 0 amide bonds. The maximum atomic E-state index is 5.20. The van der Waals surface area contributed by atoms with Crippen LogP contribution in [0.2, 0.25) is 0 Å². The molecule has 0 N–H and O–H groups in total. The number of benzene rings is 2. The lowest BCUT2D eigenvalue weighted by atomic mass is 10.0. The standard InChI is InChI=1S/C14H13BrO/c1-10-8-13(16-2)6-7-14(10)11-4-3-5-12(15)9-11/h3-9H,1-2H3. The Hall–Kier alpha value is -1.28. The van der Waals surface area contributed by atoms with E-state index in [1.54, 1.807) is 7.11 Å². The number of methoxy groups -OCH3 is 1. The van der Waals surface area contributed by atoms with Gasteiger partial charge in [-0.2, -0.15) is 0 Å². The van der Waals surface area contributed by atoms with Crippen molar-refractivity contribution in [2.75, 3.05) is 7.11 Å². The van der Waals surface area contributed by atoms with Crippen molar-refractivity contribution in [2.24, 2.45) is 0 Å². The van der Waals surface area contributed by atoms with Crippen LogP contribution in [0.3, 0.4) is 0 Å². The Balaban J connectivity index is 2.48. The molecule has 16 heavy (non-hydrogen) atoms. The van der Waals surface area contributed by atoms with E-state index in [0.29, 0.717) is 0 Å². The first-order chi connectivity index (χ1) is 7.70. The van der Waals surface area contributed by atoms with Crippen LogP contribution in [-0.2, 0) is 0 Å². The normalized spacial score (nSPS) is 10.2. The van der Waals surface area contributed by atoms with E-state index < -0.39 is 0 Å². The molecule has 0 bridgehead atoms. The van der Waals surface area contributed by atoms with E-state index >= 15 is 0 Å². The number of ether oxygens (including phenoxy) is 1. The molecule has 0 unspecified atom stereocenters. The Kier molecular flexibility index (Phi) is 3.30. The molecule has 2 rings (SSSR count).